The van der Waals surface area contributed by atoms with Gasteiger partial charge in [0.1, 0.15) is 25.0 Å². The van der Waals surface area contributed by atoms with Crippen LogP contribution >= 0.6 is 0 Å². The van der Waals surface area contributed by atoms with Gasteiger partial charge in [0.15, 0.2) is 6.29 Å². The molecule has 1 aromatic rings. The van der Waals surface area contributed by atoms with Gasteiger partial charge < -0.3 is 19.2 Å². The molecule has 36 heavy (non-hydrogen) atoms. The molecule has 0 aromatic heterocycles. The number of aldehydes is 4. The number of carbonyl (C=O) groups excluding carboxylic acids is 4. The van der Waals surface area contributed by atoms with Gasteiger partial charge in [-0.3, -0.25) is 24.5 Å². The fourth-order valence-corrected chi connectivity index (χ4v) is 4.64. The van der Waals surface area contributed by atoms with E-state index in [0.717, 1.165) is 37.3 Å². The predicted octanol–water partition coefficient (Wildman–Crippen LogP) is 0.488. The highest BCUT2D eigenvalue weighted by molar-refractivity contribution is 5.57. The summed E-state index contributed by atoms with van der Waals surface area (Å²) in [5.74, 6) is 0.380. The number of carbonyl (C=O) groups is 4. The van der Waals surface area contributed by atoms with E-state index in [4.69, 9.17) is 0 Å². The van der Waals surface area contributed by atoms with E-state index in [9.17, 15) is 19.2 Å². The molecule has 1 aliphatic heterocycles. The normalized spacial score (nSPS) is 18.9. The van der Waals surface area contributed by atoms with Crippen LogP contribution in [0.25, 0.3) is 0 Å². The van der Waals surface area contributed by atoms with Crippen LogP contribution in [0, 0.1) is 5.92 Å². The van der Waals surface area contributed by atoms with Crippen LogP contribution in [0.15, 0.2) is 30.3 Å². The second-order valence-corrected chi connectivity index (χ2v) is 9.80. The zero-order chi connectivity index (χ0) is 26.2. The Morgan fingerprint density at radius 3 is 1.56 bits per heavy atom. The van der Waals surface area contributed by atoms with Crippen LogP contribution in [0.4, 0.5) is 0 Å². The Kier molecular flexibility index (Phi) is 14.3. The Bertz CT molecular complexity index is 753. The minimum Gasteiger partial charge on any atom is -0.302 e. The fourth-order valence-electron chi connectivity index (χ4n) is 4.64. The van der Waals surface area contributed by atoms with Crippen LogP contribution in [0.5, 0.6) is 0 Å². The Balaban J connectivity index is 2.27. The molecule has 1 aromatic carbocycles. The van der Waals surface area contributed by atoms with Gasteiger partial charge >= 0.3 is 0 Å². The smallest absolute Gasteiger partial charge is 0.151 e. The molecule has 0 amide bonds. The van der Waals surface area contributed by atoms with Crippen LogP contribution in [0.2, 0.25) is 0 Å². The first-order valence-electron chi connectivity index (χ1n) is 13.0. The Labute approximate surface area is 216 Å². The lowest BCUT2D eigenvalue weighted by molar-refractivity contribution is -0.120. The molecule has 0 aliphatic carbocycles. The summed E-state index contributed by atoms with van der Waals surface area (Å²) in [6.45, 7) is 11.8. The summed E-state index contributed by atoms with van der Waals surface area (Å²) in [6.07, 6.45) is 3.31. The minimum absolute atomic E-state index is 0.311. The summed E-state index contributed by atoms with van der Waals surface area (Å²) in [5, 5.41) is 0. The third kappa shape index (κ3) is 10.8. The summed E-state index contributed by atoms with van der Waals surface area (Å²) in [7, 11) is 0. The maximum atomic E-state index is 12.6. The SMILES string of the molecule is CC(C)CN(Cc1ccccc1)C(C=O)N1CCN(CC=O)CCN(CC=O)CCN(CC=O)CC1. The number of benzene rings is 1. The quantitative estimate of drug-likeness (QED) is 0.359. The van der Waals surface area contributed by atoms with Crippen molar-refractivity contribution >= 4 is 25.1 Å². The van der Waals surface area contributed by atoms with E-state index in [-0.39, 0.29) is 0 Å². The number of hydrogen-bond donors (Lipinski definition) is 0. The van der Waals surface area contributed by atoms with E-state index in [1.54, 1.807) is 0 Å². The first kappa shape index (κ1) is 29.9. The highest BCUT2D eigenvalue weighted by Crippen LogP contribution is 2.14. The van der Waals surface area contributed by atoms with Gasteiger partial charge in [0.05, 0.1) is 19.6 Å². The topological polar surface area (TPSA) is 84.5 Å². The van der Waals surface area contributed by atoms with E-state index in [1.165, 1.54) is 0 Å². The summed E-state index contributed by atoms with van der Waals surface area (Å²) in [6, 6.07) is 10.2. The lowest BCUT2D eigenvalue weighted by atomic mass is 10.1. The van der Waals surface area contributed by atoms with Crippen molar-refractivity contribution in [1.29, 1.82) is 0 Å². The van der Waals surface area contributed by atoms with Gasteiger partial charge in [-0.1, -0.05) is 44.2 Å². The summed E-state index contributed by atoms with van der Waals surface area (Å²) in [5.41, 5.74) is 1.15. The van der Waals surface area contributed by atoms with E-state index in [0.29, 0.717) is 84.5 Å². The van der Waals surface area contributed by atoms with Crippen molar-refractivity contribution in [2.45, 2.75) is 26.6 Å². The van der Waals surface area contributed by atoms with Crippen molar-refractivity contribution in [1.82, 2.24) is 24.5 Å². The molecular weight excluding hydrogens is 458 g/mol. The van der Waals surface area contributed by atoms with Gasteiger partial charge in [-0.25, -0.2) is 0 Å². The maximum absolute atomic E-state index is 12.6. The average molecular weight is 502 g/mol. The number of hydrogen-bond acceptors (Lipinski definition) is 9. The molecule has 1 unspecified atom stereocenters. The van der Waals surface area contributed by atoms with Crippen molar-refractivity contribution in [3.63, 3.8) is 0 Å². The Morgan fingerprint density at radius 2 is 1.17 bits per heavy atom. The Hall–Kier alpha value is -2.30. The van der Waals surface area contributed by atoms with Gasteiger partial charge in [0, 0.05) is 65.4 Å². The van der Waals surface area contributed by atoms with E-state index < -0.39 is 6.17 Å². The van der Waals surface area contributed by atoms with Crippen molar-refractivity contribution in [2.24, 2.45) is 5.92 Å². The molecule has 0 saturated carbocycles. The molecule has 1 aliphatic rings. The van der Waals surface area contributed by atoms with Gasteiger partial charge in [-0.2, -0.15) is 0 Å². The predicted molar refractivity (Wildman–Crippen MR) is 141 cm³/mol. The first-order chi connectivity index (χ1) is 17.5. The van der Waals surface area contributed by atoms with Crippen molar-refractivity contribution in [3.05, 3.63) is 35.9 Å². The van der Waals surface area contributed by atoms with Crippen LogP contribution in [0.1, 0.15) is 19.4 Å². The second-order valence-electron chi connectivity index (χ2n) is 9.80. The third-order valence-corrected chi connectivity index (χ3v) is 6.57. The summed E-state index contributed by atoms with van der Waals surface area (Å²) in [4.78, 5) is 57.0. The molecule has 0 spiro atoms. The van der Waals surface area contributed by atoms with Crippen LogP contribution in [-0.2, 0) is 25.7 Å². The maximum Gasteiger partial charge on any atom is 0.151 e. The number of nitrogens with zero attached hydrogens (tertiary/aromatic N) is 5. The van der Waals surface area contributed by atoms with Crippen LogP contribution in [-0.4, -0.2) is 134 Å². The largest absolute Gasteiger partial charge is 0.302 e. The fraction of sp³-hybridized carbons (Fsp3) is 0.630. The monoisotopic (exact) mass is 501 g/mol. The van der Waals surface area contributed by atoms with Gasteiger partial charge in [-0.15, -0.1) is 0 Å². The zero-order valence-corrected chi connectivity index (χ0v) is 21.9. The second kappa shape index (κ2) is 17.2. The van der Waals surface area contributed by atoms with Crippen molar-refractivity contribution in [2.75, 3.05) is 78.5 Å². The van der Waals surface area contributed by atoms with Gasteiger partial charge in [0.25, 0.3) is 0 Å². The molecule has 9 heteroatoms. The molecular formula is C27H43N5O4. The number of rotatable bonds is 13. The molecule has 2 rings (SSSR count). The highest BCUT2D eigenvalue weighted by atomic mass is 16.1. The molecule has 1 saturated heterocycles. The van der Waals surface area contributed by atoms with E-state index >= 15 is 0 Å². The lowest BCUT2D eigenvalue weighted by Crippen LogP contribution is -2.55. The highest BCUT2D eigenvalue weighted by Gasteiger charge is 2.27. The molecule has 0 radical (unpaired) electrons. The molecule has 0 bridgehead atoms. The van der Waals surface area contributed by atoms with Crippen LogP contribution in [0.3, 0.4) is 0 Å². The van der Waals surface area contributed by atoms with Crippen molar-refractivity contribution in [3.8, 4) is 0 Å². The Morgan fingerprint density at radius 1 is 0.722 bits per heavy atom. The lowest BCUT2D eigenvalue weighted by Gasteiger charge is -2.40. The standard InChI is InChI=1S/C27H43N5O4/c1-25(2)22-32(23-26-6-4-3-5-7-26)27(24-36)31-14-12-29(17-20-34)10-8-28(16-19-33)9-11-30(13-15-31)18-21-35/h3-7,19-21,24-25,27H,8-18,22-23H2,1-2H3. The molecule has 1 fully saturated rings. The van der Waals surface area contributed by atoms with Gasteiger partial charge in [-0.05, 0) is 11.5 Å². The van der Waals surface area contributed by atoms with Crippen LogP contribution < -0.4 is 0 Å². The molecule has 0 N–H and O–H groups in total. The average Bonchev–Trinajstić information content (AvgIpc) is 2.86. The van der Waals surface area contributed by atoms with E-state index in [2.05, 4.69) is 50.5 Å². The molecule has 1 heterocycles. The molecule has 1 atom stereocenters. The van der Waals surface area contributed by atoms with E-state index in [1.807, 2.05) is 18.2 Å². The first-order valence-corrected chi connectivity index (χ1v) is 13.0. The molecule has 9 nitrogen and oxygen atoms in total. The van der Waals surface area contributed by atoms with Gasteiger partial charge in [0.2, 0.25) is 0 Å². The summed E-state index contributed by atoms with van der Waals surface area (Å²) < 4.78 is 0. The molecule has 200 valence electrons. The van der Waals surface area contributed by atoms with Crippen molar-refractivity contribution < 1.29 is 19.2 Å². The minimum atomic E-state index is -0.418. The summed E-state index contributed by atoms with van der Waals surface area (Å²) >= 11 is 0. The third-order valence-electron chi connectivity index (χ3n) is 6.57. The zero-order valence-electron chi connectivity index (χ0n) is 21.9.